The number of rotatable bonds is 3. The number of halogens is 2. The summed E-state index contributed by atoms with van der Waals surface area (Å²) in [6, 6.07) is 14.3. The molecule has 0 spiro atoms. The Kier molecular flexibility index (Phi) is 4.78. The van der Waals surface area contributed by atoms with E-state index in [1.165, 1.54) is 0 Å². The second-order valence-electron chi connectivity index (χ2n) is 4.15. The van der Waals surface area contributed by atoms with Crippen LogP contribution in [0.15, 0.2) is 46.9 Å². The first-order valence-corrected chi connectivity index (χ1v) is 6.99. The predicted octanol–water partition coefficient (Wildman–Crippen LogP) is 4.16. The van der Waals surface area contributed by atoms with Crippen molar-refractivity contribution >= 4 is 39.1 Å². The maximum absolute atomic E-state index is 12.0. The van der Waals surface area contributed by atoms with Crippen molar-refractivity contribution in [2.45, 2.75) is 6.42 Å². The van der Waals surface area contributed by atoms with Crippen LogP contribution < -0.4 is 5.32 Å². The molecule has 20 heavy (non-hydrogen) atoms. The third kappa shape index (κ3) is 3.83. The Hall–Kier alpha value is -1.83. The van der Waals surface area contributed by atoms with Crippen LogP contribution in [0, 0.1) is 11.3 Å². The Morgan fingerprint density at radius 3 is 2.60 bits per heavy atom. The largest absolute Gasteiger partial charge is 0.325 e. The molecule has 0 heterocycles. The number of benzene rings is 2. The number of carbonyl (C=O) groups excluding carboxylic acids is 1. The van der Waals surface area contributed by atoms with Crippen molar-refractivity contribution in [3.8, 4) is 6.07 Å². The normalized spacial score (nSPS) is 9.85. The van der Waals surface area contributed by atoms with Gasteiger partial charge in [0.05, 0.1) is 17.7 Å². The molecule has 1 amide bonds. The number of nitrogens with zero attached hydrogens (tertiary/aromatic N) is 1. The topological polar surface area (TPSA) is 52.9 Å². The van der Waals surface area contributed by atoms with Gasteiger partial charge in [-0.3, -0.25) is 4.79 Å². The van der Waals surface area contributed by atoms with E-state index >= 15 is 0 Å². The number of hydrogen-bond donors (Lipinski definition) is 1. The van der Waals surface area contributed by atoms with E-state index in [0.717, 1.165) is 10.0 Å². The van der Waals surface area contributed by atoms with Gasteiger partial charge in [0.25, 0.3) is 0 Å². The monoisotopic (exact) mass is 348 g/mol. The summed E-state index contributed by atoms with van der Waals surface area (Å²) in [5, 5.41) is 12.2. The van der Waals surface area contributed by atoms with Crippen molar-refractivity contribution in [3.05, 3.63) is 63.1 Å². The molecule has 0 saturated carbocycles. The zero-order valence-corrected chi connectivity index (χ0v) is 12.7. The zero-order valence-electron chi connectivity index (χ0n) is 10.4. The van der Waals surface area contributed by atoms with Crippen molar-refractivity contribution in [3.63, 3.8) is 0 Å². The van der Waals surface area contributed by atoms with Crippen LogP contribution >= 0.6 is 27.5 Å². The summed E-state index contributed by atoms with van der Waals surface area (Å²) in [4.78, 5) is 12.0. The quantitative estimate of drug-likeness (QED) is 0.905. The molecule has 100 valence electrons. The minimum atomic E-state index is -0.189. The van der Waals surface area contributed by atoms with Crippen molar-refractivity contribution in [2.24, 2.45) is 0 Å². The lowest BCUT2D eigenvalue weighted by Gasteiger charge is -2.07. The average Bonchev–Trinajstić information content (AvgIpc) is 2.41. The Morgan fingerprint density at radius 1 is 1.25 bits per heavy atom. The first kappa shape index (κ1) is 14.6. The van der Waals surface area contributed by atoms with Gasteiger partial charge in [-0.15, -0.1) is 0 Å². The molecule has 0 fully saturated rings. The highest BCUT2D eigenvalue weighted by Crippen LogP contribution is 2.20. The minimum Gasteiger partial charge on any atom is -0.325 e. The maximum Gasteiger partial charge on any atom is 0.228 e. The van der Waals surface area contributed by atoms with Gasteiger partial charge in [-0.05, 0) is 35.9 Å². The summed E-state index contributed by atoms with van der Waals surface area (Å²) in [6.07, 6.45) is 0.241. The lowest BCUT2D eigenvalue weighted by molar-refractivity contribution is -0.115. The molecular weight excluding hydrogens is 340 g/mol. The molecule has 0 saturated heterocycles. The third-order valence-electron chi connectivity index (χ3n) is 2.65. The Labute approximate surface area is 130 Å². The predicted molar refractivity (Wildman–Crippen MR) is 82.6 cm³/mol. The van der Waals surface area contributed by atoms with Crippen LogP contribution in [0.4, 0.5) is 5.69 Å². The van der Waals surface area contributed by atoms with Crippen molar-refractivity contribution in [2.75, 3.05) is 5.32 Å². The molecule has 2 aromatic rings. The molecule has 2 rings (SSSR count). The Morgan fingerprint density at radius 2 is 1.95 bits per heavy atom. The Bertz CT molecular complexity index is 677. The molecule has 1 N–H and O–H groups in total. The summed E-state index contributed by atoms with van der Waals surface area (Å²) in [5.74, 6) is -0.189. The molecule has 0 aliphatic rings. The molecular formula is C15H10BrClN2O. The van der Waals surface area contributed by atoms with Gasteiger partial charge in [0.2, 0.25) is 5.91 Å². The fraction of sp³-hybridized carbons (Fsp3) is 0.0667. The maximum atomic E-state index is 12.0. The highest BCUT2D eigenvalue weighted by atomic mass is 79.9. The molecule has 0 radical (unpaired) electrons. The van der Waals surface area contributed by atoms with Crippen molar-refractivity contribution in [1.82, 2.24) is 0 Å². The second kappa shape index (κ2) is 6.56. The third-order valence-corrected chi connectivity index (χ3v) is 3.42. The number of amides is 1. The lowest BCUT2D eigenvalue weighted by Crippen LogP contribution is -2.15. The van der Waals surface area contributed by atoms with Gasteiger partial charge in [0, 0.05) is 9.50 Å². The number of nitrogens with one attached hydrogen (secondary N) is 1. The highest BCUT2D eigenvalue weighted by Gasteiger charge is 2.08. The molecule has 0 aliphatic carbocycles. The van der Waals surface area contributed by atoms with Gasteiger partial charge in [0.1, 0.15) is 6.07 Å². The van der Waals surface area contributed by atoms with E-state index in [2.05, 4.69) is 21.2 Å². The van der Waals surface area contributed by atoms with Crippen molar-refractivity contribution < 1.29 is 4.79 Å². The number of carbonyl (C=O) groups is 1. The van der Waals surface area contributed by atoms with E-state index in [1.807, 2.05) is 30.3 Å². The fourth-order valence-corrected chi connectivity index (χ4v) is 2.14. The van der Waals surface area contributed by atoms with Gasteiger partial charge in [-0.25, -0.2) is 0 Å². The highest BCUT2D eigenvalue weighted by molar-refractivity contribution is 9.10. The smallest absolute Gasteiger partial charge is 0.228 e. The molecule has 5 heteroatoms. The average molecular weight is 350 g/mol. The summed E-state index contributed by atoms with van der Waals surface area (Å²) in [5.41, 5.74) is 1.71. The zero-order chi connectivity index (χ0) is 14.5. The molecule has 2 aromatic carbocycles. The van der Waals surface area contributed by atoms with Gasteiger partial charge >= 0.3 is 0 Å². The van der Waals surface area contributed by atoms with E-state index in [-0.39, 0.29) is 12.3 Å². The number of anilines is 1. The van der Waals surface area contributed by atoms with Crippen LogP contribution in [0.1, 0.15) is 11.1 Å². The van der Waals surface area contributed by atoms with E-state index < -0.39 is 0 Å². The molecule has 0 aromatic heterocycles. The van der Waals surface area contributed by atoms with E-state index in [9.17, 15) is 4.79 Å². The Balaban J connectivity index is 2.10. The minimum absolute atomic E-state index is 0.189. The summed E-state index contributed by atoms with van der Waals surface area (Å²) in [6.45, 7) is 0. The van der Waals surface area contributed by atoms with Crippen molar-refractivity contribution in [1.29, 1.82) is 5.26 Å². The van der Waals surface area contributed by atoms with E-state index in [4.69, 9.17) is 16.9 Å². The molecule has 0 atom stereocenters. The first-order valence-electron chi connectivity index (χ1n) is 5.82. The summed E-state index contributed by atoms with van der Waals surface area (Å²) >= 11 is 9.21. The van der Waals surface area contributed by atoms with Gasteiger partial charge in [0.15, 0.2) is 0 Å². The van der Waals surface area contributed by atoms with Crippen LogP contribution in [-0.2, 0) is 11.2 Å². The summed E-state index contributed by atoms with van der Waals surface area (Å²) in [7, 11) is 0. The van der Waals surface area contributed by atoms with Crippen LogP contribution in [-0.4, -0.2) is 5.91 Å². The molecule has 0 bridgehead atoms. The number of hydrogen-bond acceptors (Lipinski definition) is 2. The van der Waals surface area contributed by atoms with Crippen LogP contribution in [0.3, 0.4) is 0 Å². The first-order chi connectivity index (χ1) is 9.58. The lowest BCUT2D eigenvalue weighted by atomic mass is 10.1. The van der Waals surface area contributed by atoms with E-state index in [0.29, 0.717) is 16.3 Å². The molecule has 0 aliphatic heterocycles. The van der Waals surface area contributed by atoms with E-state index in [1.54, 1.807) is 18.2 Å². The SMILES string of the molecule is N#Cc1ccc(Cl)cc1NC(=O)Cc1ccc(Br)cc1. The molecule has 0 unspecified atom stereocenters. The van der Waals surface area contributed by atoms with Gasteiger partial charge in [-0.1, -0.05) is 39.7 Å². The van der Waals surface area contributed by atoms with Gasteiger partial charge in [-0.2, -0.15) is 5.26 Å². The number of nitriles is 1. The standard InChI is InChI=1S/C15H10BrClN2O/c16-12-4-1-10(2-5-12)7-15(20)19-14-8-13(17)6-3-11(14)9-18/h1-6,8H,7H2,(H,19,20). The van der Waals surface area contributed by atoms with Gasteiger partial charge < -0.3 is 5.32 Å². The van der Waals surface area contributed by atoms with Crippen LogP contribution in [0.25, 0.3) is 0 Å². The second-order valence-corrected chi connectivity index (χ2v) is 5.51. The van der Waals surface area contributed by atoms with Crippen LogP contribution in [0.5, 0.6) is 0 Å². The summed E-state index contributed by atoms with van der Waals surface area (Å²) < 4.78 is 0.961. The molecule has 3 nitrogen and oxygen atoms in total. The van der Waals surface area contributed by atoms with Crippen LogP contribution in [0.2, 0.25) is 5.02 Å². The fourth-order valence-electron chi connectivity index (χ4n) is 1.70.